The number of methoxy groups -OCH3 is 1. The summed E-state index contributed by atoms with van der Waals surface area (Å²) in [7, 11) is 1.50. The molecule has 0 aliphatic heterocycles. The molecule has 2 aromatic heterocycles. The average Bonchev–Trinajstić information content (AvgIpc) is 2.77. The van der Waals surface area contributed by atoms with Gasteiger partial charge in [0.1, 0.15) is 11.4 Å². The lowest BCUT2D eigenvalue weighted by Crippen LogP contribution is -2.00. The first-order valence-electron chi connectivity index (χ1n) is 4.50. The zero-order valence-corrected chi connectivity index (χ0v) is 8.47. The zero-order valence-electron chi connectivity index (χ0n) is 8.47. The van der Waals surface area contributed by atoms with Crippen molar-refractivity contribution in [1.82, 2.24) is 15.2 Å². The van der Waals surface area contributed by atoms with Gasteiger partial charge >= 0.3 is 5.97 Å². The van der Waals surface area contributed by atoms with Crippen molar-refractivity contribution in [3.63, 3.8) is 0 Å². The summed E-state index contributed by atoms with van der Waals surface area (Å²) >= 11 is 0. The molecule has 0 spiro atoms. The monoisotopic (exact) mass is 219 g/mol. The normalized spacial score (nSPS) is 10.1. The second kappa shape index (κ2) is 4.01. The number of aromatic carboxylic acids is 1. The van der Waals surface area contributed by atoms with E-state index in [1.54, 1.807) is 18.3 Å². The highest BCUT2D eigenvalue weighted by molar-refractivity contribution is 5.93. The third kappa shape index (κ3) is 1.60. The van der Waals surface area contributed by atoms with Crippen molar-refractivity contribution in [2.75, 3.05) is 7.11 Å². The fourth-order valence-corrected chi connectivity index (χ4v) is 1.39. The van der Waals surface area contributed by atoms with Gasteiger partial charge in [-0.2, -0.15) is 5.10 Å². The minimum absolute atomic E-state index is 0.00278. The van der Waals surface area contributed by atoms with Crippen LogP contribution in [0.2, 0.25) is 0 Å². The van der Waals surface area contributed by atoms with Crippen LogP contribution in [0.4, 0.5) is 0 Å². The predicted molar refractivity (Wildman–Crippen MR) is 55.3 cm³/mol. The molecule has 0 atom stereocenters. The Morgan fingerprint density at radius 3 is 3.06 bits per heavy atom. The molecular weight excluding hydrogens is 210 g/mol. The molecule has 2 N–H and O–H groups in total. The lowest BCUT2D eigenvalue weighted by molar-refractivity contribution is 0.0691. The van der Waals surface area contributed by atoms with E-state index >= 15 is 0 Å². The number of rotatable bonds is 3. The van der Waals surface area contributed by atoms with Crippen molar-refractivity contribution in [3.05, 3.63) is 30.2 Å². The Morgan fingerprint density at radius 2 is 2.38 bits per heavy atom. The van der Waals surface area contributed by atoms with E-state index in [0.717, 1.165) is 0 Å². The molecule has 0 unspecified atom stereocenters. The van der Waals surface area contributed by atoms with Gasteiger partial charge in [-0.25, -0.2) is 4.79 Å². The lowest BCUT2D eigenvalue weighted by Gasteiger charge is -2.05. The number of carboxylic acids is 1. The first kappa shape index (κ1) is 10.2. The van der Waals surface area contributed by atoms with Gasteiger partial charge in [0, 0.05) is 6.20 Å². The molecule has 0 bridgehead atoms. The molecule has 0 amide bonds. The maximum Gasteiger partial charge on any atom is 0.354 e. The summed E-state index contributed by atoms with van der Waals surface area (Å²) in [6.07, 6.45) is 2.98. The maximum atomic E-state index is 10.9. The van der Waals surface area contributed by atoms with E-state index in [1.165, 1.54) is 13.3 Å². The van der Waals surface area contributed by atoms with Crippen LogP contribution >= 0.6 is 0 Å². The van der Waals surface area contributed by atoms with Crippen molar-refractivity contribution in [3.8, 4) is 17.0 Å². The summed E-state index contributed by atoms with van der Waals surface area (Å²) in [5.74, 6) is -0.577. The van der Waals surface area contributed by atoms with Gasteiger partial charge in [-0.3, -0.25) is 10.1 Å². The summed E-state index contributed by atoms with van der Waals surface area (Å²) in [5.41, 5.74) is 0.859. The van der Waals surface area contributed by atoms with Gasteiger partial charge in [0.2, 0.25) is 0 Å². The van der Waals surface area contributed by atoms with Crippen molar-refractivity contribution >= 4 is 5.97 Å². The molecule has 0 fully saturated rings. The maximum absolute atomic E-state index is 10.9. The van der Waals surface area contributed by atoms with E-state index in [2.05, 4.69) is 15.2 Å². The molecule has 0 saturated carbocycles. The number of nitrogens with one attached hydrogen (secondary N) is 1. The van der Waals surface area contributed by atoms with E-state index in [1.807, 2.05) is 0 Å². The number of aromatic amines is 1. The van der Waals surface area contributed by atoms with Crippen LogP contribution in [0, 0.1) is 0 Å². The standard InChI is InChI=1S/C10H9N3O3/c1-16-7-3-2-4-11-8(7)6-5-12-13-9(6)10(14)15/h2-5H,1H3,(H,12,13)(H,14,15). The Kier molecular flexibility index (Phi) is 2.55. The Morgan fingerprint density at radius 1 is 1.56 bits per heavy atom. The molecule has 0 radical (unpaired) electrons. The van der Waals surface area contributed by atoms with Crippen molar-refractivity contribution in [2.24, 2.45) is 0 Å². The van der Waals surface area contributed by atoms with Crippen LogP contribution in [-0.2, 0) is 0 Å². The van der Waals surface area contributed by atoms with E-state index in [9.17, 15) is 4.79 Å². The van der Waals surface area contributed by atoms with E-state index in [0.29, 0.717) is 17.0 Å². The number of H-pyrrole nitrogens is 1. The fourth-order valence-electron chi connectivity index (χ4n) is 1.39. The number of nitrogens with zero attached hydrogens (tertiary/aromatic N) is 2. The number of hydrogen-bond donors (Lipinski definition) is 2. The molecule has 0 saturated heterocycles. The van der Waals surface area contributed by atoms with Crippen LogP contribution in [0.25, 0.3) is 11.3 Å². The smallest absolute Gasteiger partial charge is 0.354 e. The number of pyridine rings is 1. The van der Waals surface area contributed by atoms with Gasteiger partial charge in [-0.05, 0) is 12.1 Å². The Labute approximate surface area is 90.9 Å². The number of ether oxygens (including phenoxy) is 1. The van der Waals surface area contributed by atoms with Gasteiger partial charge in [0.25, 0.3) is 0 Å². The molecule has 2 rings (SSSR count). The summed E-state index contributed by atoms with van der Waals surface area (Å²) in [4.78, 5) is 15.0. The van der Waals surface area contributed by atoms with E-state index < -0.39 is 5.97 Å². The van der Waals surface area contributed by atoms with Crippen LogP contribution in [0.5, 0.6) is 5.75 Å². The van der Waals surface area contributed by atoms with Crippen LogP contribution in [0.1, 0.15) is 10.5 Å². The molecule has 6 heteroatoms. The second-order valence-corrected chi connectivity index (χ2v) is 3.02. The third-order valence-corrected chi connectivity index (χ3v) is 2.10. The molecular formula is C10H9N3O3. The summed E-state index contributed by atoms with van der Waals surface area (Å²) in [6.45, 7) is 0. The summed E-state index contributed by atoms with van der Waals surface area (Å²) in [5, 5.41) is 15.0. The van der Waals surface area contributed by atoms with Crippen molar-refractivity contribution in [2.45, 2.75) is 0 Å². The number of carboxylic acid groups (broad SMARTS) is 1. The summed E-state index contributed by atoms with van der Waals surface area (Å²) in [6, 6.07) is 3.42. The highest BCUT2D eigenvalue weighted by Gasteiger charge is 2.17. The highest BCUT2D eigenvalue weighted by atomic mass is 16.5. The second-order valence-electron chi connectivity index (χ2n) is 3.02. The van der Waals surface area contributed by atoms with Crippen LogP contribution in [0.3, 0.4) is 0 Å². The molecule has 2 heterocycles. The minimum atomic E-state index is -1.08. The molecule has 0 aromatic carbocycles. The average molecular weight is 219 g/mol. The molecule has 0 aliphatic rings. The number of hydrogen-bond acceptors (Lipinski definition) is 4. The van der Waals surface area contributed by atoms with Crippen LogP contribution < -0.4 is 4.74 Å². The lowest BCUT2D eigenvalue weighted by atomic mass is 10.1. The quantitative estimate of drug-likeness (QED) is 0.809. The largest absolute Gasteiger partial charge is 0.494 e. The van der Waals surface area contributed by atoms with Crippen molar-refractivity contribution in [1.29, 1.82) is 0 Å². The van der Waals surface area contributed by atoms with Gasteiger partial charge in [0.15, 0.2) is 5.69 Å². The van der Waals surface area contributed by atoms with Gasteiger partial charge in [-0.15, -0.1) is 0 Å². The first-order chi connectivity index (χ1) is 7.74. The van der Waals surface area contributed by atoms with E-state index in [4.69, 9.17) is 9.84 Å². The zero-order chi connectivity index (χ0) is 11.5. The first-order valence-corrected chi connectivity index (χ1v) is 4.50. The third-order valence-electron chi connectivity index (χ3n) is 2.10. The predicted octanol–water partition coefficient (Wildman–Crippen LogP) is 1.18. The van der Waals surface area contributed by atoms with Gasteiger partial charge in [-0.1, -0.05) is 0 Å². The molecule has 2 aromatic rings. The number of carbonyl (C=O) groups is 1. The van der Waals surface area contributed by atoms with Gasteiger partial charge < -0.3 is 9.84 Å². The Balaban J connectivity index is 2.58. The van der Waals surface area contributed by atoms with Crippen molar-refractivity contribution < 1.29 is 14.6 Å². The Bertz CT molecular complexity index is 522. The highest BCUT2D eigenvalue weighted by Crippen LogP contribution is 2.28. The van der Waals surface area contributed by atoms with Gasteiger partial charge in [0.05, 0.1) is 18.9 Å². The number of aromatic nitrogens is 3. The van der Waals surface area contributed by atoms with Crippen LogP contribution in [0.15, 0.2) is 24.5 Å². The molecule has 82 valence electrons. The van der Waals surface area contributed by atoms with E-state index in [-0.39, 0.29) is 5.69 Å². The van der Waals surface area contributed by atoms with Crippen LogP contribution in [-0.4, -0.2) is 33.4 Å². The fraction of sp³-hybridized carbons (Fsp3) is 0.100. The Hall–Kier alpha value is -2.37. The molecule has 0 aliphatic carbocycles. The summed E-state index contributed by atoms with van der Waals surface area (Å²) < 4.78 is 5.11. The minimum Gasteiger partial charge on any atom is -0.494 e. The topological polar surface area (TPSA) is 88.1 Å². The molecule has 16 heavy (non-hydrogen) atoms. The SMILES string of the molecule is COc1cccnc1-c1cn[nH]c1C(=O)O. The molecule has 6 nitrogen and oxygen atoms in total.